The molecule has 1 aliphatic carbocycles. The van der Waals surface area contributed by atoms with Crippen molar-refractivity contribution < 1.29 is 14.2 Å². The molecule has 188 valence electrons. The minimum atomic E-state index is -0.681. The number of aliphatic hydroxyl groups excluding tert-OH is 1. The maximum absolute atomic E-state index is 13.4. The summed E-state index contributed by atoms with van der Waals surface area (Å²) < 4.78 is 21.6. The van der Waals surface area contributed by atoms with Gasteiger partial charge in [-0.15, -0.1) is 0 Å². The fourth-order valence-corrected chi connectivity index (χ4v) is 4.82. The van der Waals surface area contributed by atoms with E-state index in [0.717, 1.165) is 29.8 Å². The number of hydrogen-bond acceptors (Lipinski definition) is 6. The monoisotopic (exact) mass is 489 g/mol. The van der Waals surface area contributed by atoms with Crippen LogP contribution in [0.2, 0.25) is 0 Å². The van der Waals surface area contributed by atoms with Crippen LogP contribution >= 0.6 is 0 Å². The number of aromatic nitrogens is 2. The van der Waals surface area contributed by atoms with Gasteiger partial charge in [0.25, 0.3) is 0 Å². The maximum atomic E-state index is 13.4. The van der Waals surface area contributed by atoms with E-state index in [1.54, 1.807) is 12.1 Å². The van der Waals surface area contributed by atoms with Crippen molar-refractivity contribution >= 4 is 17.6 Å². The number of nitrogens with one attached hydrogen (secondary N) is 2. The van der Waals surface area contributed by atoms with E-state index in [1.165, 1.54) is 28.9 Å². The van der Waals surface area contributed by atoms with E-state index in [0.29, 0.717) is 37.6 Å². The zero-order valence-electron chi connectivity index (χ0n) is 20.7. The Labute approximate surface area is 210 Å². The van der Waals surface area contributed by atoms with Crippen LogP contribution in [0.15, 0.2) is 59.7 Å². The summed E-state index contributed by atoms with van der Waals surface area (Å²) in [7, 11) is 0. The number of aliphatic imine (C=N–C) groups is 1. The molecule has 5 rings (SSSR count). The molecule has 0 radical (unpaired) electrons. The first-order valence-corrected chi connectivity index (χ1v) is 12.5. The topological polar surface area (TPSA) is 83.7 Å². The van der Waals surface area contributed by atoms with Gasteiger partial charge >= 0.3 is 0 Å². The molecule has 0 fully saturated rings. The van der Waals surface area contributed by atoms with Crippen LogP contribution in [-0.4, -0.2) is 45.9 Å². The predicted octanol–water partition coefficient (Wildman–Crippen LogP) is 4.38. The number of benzene rings is 2. The second-order valence-electron chi connectivity index (χ2n) is 9.31. The van der Waals surface area contributed by atoms with E-state index in [-0.39, 0.29) is 12.4 Å². The third-order valence-electron chi connectivity index (χ3n) is 6.92. The average Bonchev–Trinajstić information content (AvgIpc) is 3.29. The van der Waals surface area contributed by atoms with Crippen molar-refractivity contribution in [3.8, 4) is 5.69 Å². The second-order valence-corrected chi connectivity index (χ2v) is 9.31. The third-order valence-corrected chi connectivity index (χ3v) is 6.92. The molecule has 0 saturated heterocycles. The SMILES string of the molecule is CCC(CCO)(NC1=NCCO/C1=C\c1ccc(-n2cnc(C)c2)c2c1CC2)Nc1ccc(F)cc1. The van der Waals surface area contributed by atoms with Crippen LogP contribution in [0.4, 0.5) is 10.1 Å². The van der Waals surface area contributed by atoms with Gasteiger partial charge in [0, 0.05) is 30.6 Å². The summed E-state index contributed by atoms with van der Waals surface area (Å²) in [5.41, 5.74) is 6.03. The highest BCUT2D eigenvalue weighted by Crippen LogP contribution is 2.34. The van der Waals surface area contributed by atoms with Crippen LogP contribution in [0.5, 0.6) is 0 Å². The summed E-state index contributed by atoms with van der Waals surface area (Å²) in [4.78, 5) is 9.10. The number of fused-ring (bicyclic) bond motifs is 1. The summed E-state index contributed by atoms with van der Waals surface area (Å²) in [5.74, 6) is 1.03. The normalized spacial score (nSPS) is 17.4. The minimum absolute atomic E-state index is 0.0229. The lowest BCUT2D eigenvalue weighted by Crippen LogP contribution is -2.55. The highest BCUT2D eigenvalue weighted by molar-refractivity contribution is 6.01. The molecule has 1 unspecified atom stereocenters. The highest BCUT2D eigenvalue weighted by Gasteiger charge is 2.31. The Morgan fingerprint density at radius 2 is 1.94 bits per heavy atom. The number of ether oxygens (including phenoxy) is 1. The van der Waals surface area contributed by atoms with Crippen LogP contribution in [0.3, 0.4) is 0 Å². The maximum Gasteiger partial charge on any atom is 0.166 e. The van der Waals surface area contributed by atoms with Crippen LogP contribution in [-0.2, 0) is 17.6 Å². The Bertz CT molecular complexity index is 1300. The van der Waals surface area contributed by atoms with Crippen molar-refractivity contribution in [2.24, 2.45) is 4.99 Å². The predicted molar refractivity (Wildman–Crippen MR) is 140 cm³/mol. The van der Waals surface area contributed by atoms with E-state index in [9.17, 15) is 9.50 Å². The molecule has 1 atom stereocenters. The zero-order chi connectivity index (χ0) is 25.1. The largest absolute Gasteiger partial charge is 0.488 e. The Hall–Kier alpha value is -3.65. The van der Waals surface area contributed by atoms with Crippen molar-refractivity contribution in [1.82, 2.24) is 14.9 Å². The quantitative estimate of drug-likeness (QED) is 0.409. The van der Waals surface area contributed by atoms with E-state index in [1.807, 2.05) is 26.4 Å². The van der Waals surface area contributed by atoms with E-state index >= 15 is 0 Å². The van der Waals surface area contributed by atoms with Gasteiger partial charge in [-0.05, 0) is 79.3 Å². The summed E-state index contributed by atoms with van der Waals surface area (Å²) in [6, 6.07) is 10.5. The van der Waals surface area contributed by atoms with Gasteiger partial charge in [0.05, 0.1) is 18.6 Å². The summed E-state index contributed by atoms with van der Waals surface area (Å²) in [6.07, 6.45) is 9.11. The number of imidazole rings is 1. The highest BCUT2D eigenvalue weighted by atomic mass is 19.1. The molecule has 0 spiro atoms. The van der Waals surface area contributed by atoms with Crippen LogP contribution in [0.1, 0.15) is 42.1 Å². The van der Waals surface area contributed by atoms with Gasteiger partial charge in [0.15, 0.2) is 11.6 Å². The molecular weight excluding hydrogens is 457 g/mol. The average molecular weight is 490 g/mol. The molecule has 7 nitrogen and oxygen atoms in total. The molecule has 3 N–H and O–H groups in total. The van der Waals surface area contributed by atoms with Gasteiger partial charge in [0.1, 0.15) is 18.1 Å². The molecule has 36 heavy (non-hydrogen) atoms. The third kappa shape index (κ3) is 4.86. The fraction of sp³-hybridized carbons (Fsp3) is 0.357. The van der Waals surface area contributed by atoms with Crippen LogP contribution < -0.4 is 10.6 Å². The van der Waals surface area contributed by atoms with Gasteiger partial charge in [-0.3, -0.25) is 4.99 Å². The standard InChI is InChI=1S/C28H32FN5O2/c1-3-28(12-14-35,32-22-7-5-21(29)6-8-22)33-27-26(36-15-13-30-27)16-20-4-11-25(24-10-9-23(20)24)34-17-19(2)31-18-34/h4-8,11,16-18,32,35H,3,9-10,12-15H2,1-2H3,(H,30,33)/b26-16-. The first-order valence-electron chi connectivity index (χ1n) is 12.5. The van der Waals surface area contributed by atoms with Gasteiger partial charge < -0.3 is 25.0 Å². The molecule has 2 aromatic carbocycles. The van der Waals surface area contributed by atoms with Crippen LogP contribution in [0, 0.1) is 12.7 Å². The van der Waals surface area contributed by atoms with Crippen molar-refractivity contribution in [3.63, 3.8) is 0 Å². The number of halogens is 1. The molecule has 2 aliphatic rings. The Morgan fingerprint density at radius 3 is 2.61 bits per heavy atom. The lowest BCUT2D eigenvalue weighted by atomic mass is 9.83. The van der Waals surface area contributed by atoms with Gasteiger partial charge in [-0.2, -0.15) is 0 Å². The van der Waals surface area contributed by atoms with Gasteiger partial charge in [-0.25, -0.2) is 9.37 Å². The Kier molecular flexibility index (Phi) is 6.78. The molecule has 0 bridgehead atoms. The van der Waals surface area contributed by atoms with Crippen molar-refractivity contribution in [2.45, 2.75) is 45.2 Å². The lowest BCUT2D eigenvalue weighted by molar-refractivity contribution is 0.218. The second kappa shape index (κ2) is 10.1. The van der Waals surface area contributed by atoms with Crippen molar-refractivity contribution in [3.05, 3.63) is 82.9 Å². The molecule has 2 heterocycles. The molecule has 1 aromatic heterocycles. The molecule has 1 aliphatic heterocycles. The number of aryl methyl sites for hydroxylation is 1. The molecular formula is C28H32FN5O2. The number of nitrogens with zero attached hydrogens (tertiary/aromatic N) is 3. The number of hydrogen-bond donors (Lipinski definition) is 3. The van der Waals surface area contributed by atoms with Gasteiger partial charge in [-0.1, -0.05) is 13.0 Å². The lowest BCUT2D eigenvalue weighted by Gasteiger charge is -2.38. The summed E-state index contributed by atoms with van der Waals surface area (Å²) in [5, 5.41) is 16.8. The smallest absolute Gasteiger partial charge is 0.166 e. The zero-order valence-corrected chi connectivity index (χ0v) is 20.7. The molecule has 3 aromatic rings. The van der Waals surface area contributed by atoms with Crippen molar-refractivity contribution in [1.29, 1.82) is 0 Å². The summed E-state index contributed by atoms with van der Waals surface area (Å²) >= 11 is 0. The van der Waals surface area contributed by atoms with E-state index in [4.69, 9.17) is 9.73 Å². The number of rotatable bonds is 8. The summed E-state index contributed by atoms with van der Waals surface area (Å²) in [6.45, 7) is 5.06. The molecule has 0 saturated carbocycles. The fourth-order valence-electron chi connectivity index (χ4n) is 4.82. The number of aliphatic hydroxyl groups is 1. The number of anilines is 1. The first kappa shape index (κ1) is 24.1. The van der Waals surface area contributed by atoms with Crippen LogP contribution in [0.25, 0.3) is 11.8 Å². The molecule has 8 heteroatoms. The van der Waals surface area contributed by atoms with Crippen molar-refractivity contribution in [2.75, 3.05) is 25.1 Å². The van der Waals surface area contributed by atoms with E-state index in [2.05, 4.69) is 38.4 Å². The first-order chi connectivity index (χ1) is 17.5. The molecule has 0 amide bonds. The Balaban J connectivity index is 1.43. The van der Waals surface area contributed by atoms with Gasteiger partial charge in [0.2, 0.25) is 0 Å². The Morgan fingerprint density at radius 1 is 1.14 bits per heavy atom. The minimum Gasteiger partial charge on any atom is -0.488 e. The number of amidine groups is 1. The van der Waals surface area contributed by atoms with E-state index < -0.39 is 5.66 Å².